The molecule has 0 aliphatic heterocycles. The van der Waals surface area contributed by atoms with Crippen LogP contribution in [0.2, 0.25) is 0 Å². The zero-order valence-corrected chi connectivity index (χ0v) is 10.1. The van der Waals surface area contributed by atoms with Crippen LogP contribution in [0.3, 0.4) is 0 Å². The van der Waals surface area contributed by atoms with Crippen LogP contribution >= 0.6 is 0 Å². The molecule has 0 amide bonds. The van der Waals surface area contributed by atoms with Gasteiger partial charge in [0, 0.05) is 6.54 Å². The Bertz CT molecular complexity index is 359. The van der Waals surface area contributed by atoms with E-state index < -0.39 is 5.41 Å². The summed E-state index contributed by atoms with van der Waals surface area (Å²) in [6.07, 6.45) is 0.608. The highest BCUT2D eigenvalue weighted by atomic mass is 16.5. The molecule has 88 valence electrons. The third-order valence-electron chi connectivity index (χ3n) is 2.84. The lowest BCUT2D eigenvalue weighted by molar-refractivity contribution is -0.151. The molecule has 1 rings (SSSR count). The van der Waals surface area contributed by atoms with E-state index in [4.69, 9.17) is 10.5 Å². The minimum atomic E-state index is -0.635. The van der Waals surface area contributed by atoms with Gasteiger partial charge >= 0.3 is 5.97 Å². The van der Waals surface area contributed by atoms with Crippen LogP contribution in [-0.2, 0) is 16.0 Å². The molecule has 3 heteroatoms. The van der Waals surface area contributed by atoms with Gasteiger partial charge in [-0.3, -0.25) is 4.79 Å². The van der Waals surface area contributed by atoms with Crippen LogP contribution < -0.4 is 5.73 Å². The van der Waals surface area contributed by atoms with Crippen LogP contribution in [0.5, 0.6) is 0 Å². The average molecular weight is 221 g/mol. The molecule has 0 radical (unpaired) electrons. The molecule has 1 atom stereocenters. The van der Waals surface area contributed by atoms with E-state index in [0.29, 0.717) is 6.42 Å². The Morgan fingerprint density at radius 2 is 1.94 bits per heavy atom. The lowest BCUT2D eigenvalue weighted by atomic mass is 9.83. The summed E-state index contributed by atoms with van der Waals surface area (Å²) >= 11 is 0. The predicted molar refractivity (Wildman–Crippen MR) is 64.1 cm³/mol. The number of aryl methyl sites for hydroxylation is 1. The number of hydrogen-bond acceptors (Lipinski definition) is 3. The van der Waals surface area contributed by atoms with Gasteiger partial charge in [0.1, 0.15) is 0 Å². The van der Waals surface area contributed by atoms with Crippen LogP contribution in [0.4, 0.5) is 0 Å². The SMILES string of the molecule is COC(=O)C(C)(CN)Cc1ccc(C)cc1. The Labute approximate surface area is 96.6 Å². The van der Waals surface area contributed by atoms with Gasteiger partial charge in [-0.1, -0.05) is 29.8 Å². The molecule has 0 saturated carbocycles. The Kier molecular flexibility index (Phi) is 4.07. The van der Waals surface area contributed by atoms with Crippen molar-refractivity contribution in [2.24, 2.45) is 11.1 Å². The van der Waals surface area contributed by atoms with E-state index in [0.717, 1.165) is 5.56 Å². The maximum absolute atomic E-state index is 11.6. The minimum Gasteiger partial charge on any atom is -0.469 e. The number of methoxy groups -OCH3 is 1. The fourth-order valence-electron chi connectivity index (χ4n) is 1.63. The summed E-state index contributed by atoms with van der Waals surface area (Å²) in [4.78, 5) is 11.6. The van der Waals surface area contributed by atoms with Crippen molar-refractivity contribution in [3.8, 4) is 0 Å². The zero-order chi connectivity index (χ0) is 12.2. The summed E-state index contributed by atoms with van der Waals surface area (Å²) in [6, 6.07) is 8.10. The van der Waals surface area contributed by atoms with Gasteiger partial charge in [0.15, 0.2) is 0 Å². The number of hydrogen-bond donors (Lipinski definition) is 1. The number of nitrogens with two attached hydrogens (primary N) is 1. The number of esters is 1. The Balaban J connectivity index is 2.84. The molecule has 1 aromatic carbocycles. The first-order valence-electron chi connectivity index (χ1n) is 5.36. The first-order valence-corrected chi connectivity index (χ1v) is 5.36. The number of rotatable bonds is 4. The third kappa shape index (κ3) is 2.83. The quantitative estimate of drug-likeness (QED) is 0.787. The summed E-state index contributed by atoms with van der Waals surface area (Å²) in [5, 5.41) is 0. The monoisotopic (exact) mass is 221 g/mol. The van der Waals surface area contributed by atoms with Gasteiger partial charge in [-0.25, -0.2) is 0 Å². The smallest absolute Gasteiger partial charge is 0.313 e. The van der Waals surface area contributed by atoms with Crippen molar-refractivity contribution in [3.63, 3.8) is 0 Å². The Morgan fingerprint density at radius 1 is 1.38 bits per heavy atom. The number of carbonyl (C=O) groups is 1. The molecule has 0 spiro atoms. The molecular weight excluding hydrogens is 202 g/mol. The van der Waals surface area contributed by atoms with Crippen LogP contribution in [-0.4, -0.2) is 19.6 Å². The molecule has 3 nitrogen and oxygen atoms in total. The van der Waals surface area contributed by atoms with Crippen molar-refractivity contribution in [3.05, 3.63) is 35.4 Å². The largest absolute Gasteiger partial charge is 0.469 e. The van der Waals surface area contributed by atoms with E-state index in [1.807, 2.05) is 38.1 Å². The molecular formula is C13H19NO2. The van der Waals surface area contributed by atoms with E-state index in [9.17, 15) is 4.79 Å². The molecule has 16 heavy (non-hydrogen) atoms. The molecule has 1 aromatic rings. The first-order chi connectivity index (χ1) is 7.51. The topological polar surface area (TPSA) is 52.3 Å². The van der Waals surface area contributed by atoms with Crippen molar-refractivity contribution in [1.29, 1.82) is 0 Å². The number of benzene rings is 1. The van der Waals surface area contributed by atoms with Gasteiger partial charge in [0.25, 0.3) is 0 Å². The van der Waals surface area contributed by atoms with Gasteiger partial charge in [-0.15, -0.1) is 0 Å². The van der Waals surface area contributed by atoms with Crippen molar-refractivity contribution in [2.75, 3.05) is 13.7 Å². The minimum absolute atomic E-state index is 0.254. The first kappa shape index (κ1) is 12.7. The van der Waals surface area contributed by atoms with Crippen LogP contribution in [0.25, 0.3) is 0 Å². The van der Waals surface area contributed by atoms with Gasteiger partial charge in [0.05, 0.1) is 12.5 Å². The second kappa shape index (κ2) is 5.12. The molecule has 0 aliphatic carbocycles. The lowest BCUT2D eigenvalue weighted by Crippen LogP contribution is -2.38. The van der Waals surface area contributed by atoms with E-state index in [1.54, 1.807) is 0 Å². The normalized spacial score (nSPS) is 14.2. The third-order valence-corrected chi connectivity index (χ3v) is 2.84. The number of ether oxygens (including phenoxy) is 1. The second-order valence-corrected chi connectivity index (χ2v) is 4.42. The maximum atomic E-state index is 11.6. The molecule has 0 heterocycles. The summed E-state index contributed by atoms with van der Waals surface area (Å²) in [6.45, 7) is 4.15. The summed E-state index contributed by atoms with van der Waals surface area (Å²) in [5.74, 6) is -0.254. The van der Waals surface area contributed by atoms with Gasteiger partial charge in [-0.05, 0) is 25.8 Å². The maximum Gasteiger partial charge on any atom is 0.313 e. The van der Waals surface area contributed by atoms with Crippen molar-refractivity contribution < 1.29 is 9.53 Å². The zero-order valence-electron chi connectivity index (χ0n) is 10.1. The van der Waals surface area contributed by atoms with Crippen molar-refractivity contribution in [2.45, 2.75) is 20.3 Å². The molecule has 0 aliphatic rings. The molecule has 0 saturated heterocycles. The summed E-state index contributed by atoms with van der Waals surface area (Å²) in [7, 11) is 1.39. The average Bonchev–Trinajstić information content (AvgIpc) is 2.31. The highest BCUT2D eigenvalue weighted by Gasteiger charge is 2.32. The van der Waals surface area contributed by atoms with Gasteiger partial charge < -0.3 is 10.5 Å². The Hall–Kier alpha value is -1.35. The molecule has 2 N–H and O–H groups in total. The van der Waals surface area contributed by atoms with Gasteiger partial charge in [-0.2, -0.15) is 0 Å². The van der Waals surface area contributed by atoms with E-state index >= 15 is 0 Å². The Morgan fingerprint density at radius 3 is 2.38 bits per heavy atom. The molecule has 0 aromatic heterocycles. The van der Waals surface area contributed by atoms with Crippen molar-refractivity contribution >= 4 is 5.97 Å². The molecule has 0 fully saturated rings. The van der Waals surface area contributed by atoms with Crippen molar-refractivity contribution in [1.82, 2.24) is 0 Å². The highest BCUT2D eigenvalue weighted by Crippen LogP contribution is 2.23. The van der Waals surface area contributed by atoms with Crippen LogP contribution in [0.1, 0.15) is 18.1 Å². The highest BCUT2D eigenvalue weighted by molar-refractivity contribution is 5.77. The molecule has 0 bridgehead atoms. The number of carbonyl (C=O) groups excluding carboxylic acids is 1. The van der Waals surface area contributed by atoms with E-state index in [2.05, 4.69) is 0 Å². The lowest BCUT2D eigenvalue weighted by Gasteiger charge is -2.24. The van der Waals surface area contributed by atoms with E-state index in [-0.39, 0.29) is 12.5 Å². The second-order valence-electron chi connectivity index (χ2n) is 4.42. The fraction of sp³-hybridized carbons (Fsp3) is 0.462. The fourth-order valence-corrected chi connectivity index (χ4v) is 1.63. The van der Waals surface area contributed by atoms with Crippen LogP contribution in [0, 0.1) is 12.3 Å². The standard InChI is InChI=1S/C13H19NO2/c1-10-4-6-11(7-5-10)8-13(2,9-14)12(15)16-3/h4-7H,8-9,14H2,1-3H3. The predicted octanol–water partition coefficient (Wildman–Crippen LogP) is 1.68. The van der Waals surface area contributed by atoms with Crippen LogP contribution in [0.15, 0.2) is 24.3 Å². The molecule has 1 unspecified atom stereocenters. The summed E-state index contributed by atoms with van der Waals surface area (Å²) in [5.41, 5.74) is 7.33. The van der Waals surface area contributed by atoms with E-state index in [1.165, 1.54) is 12.7 Å². The summed E-state index contributed by atoms with van der Waals surface area (Å²) < 4.78 is 4.78. The van der Waals surface area contributed by atoms with Gasteiger partial charge in [0.2, 0.25) is 0 Å².